The number of carboxylic acid groups (broad SMARTS) is 1. The topological polar surface area (TPSA) is 92.0 Å². The Morgan fingerprint density at radius 1 is 1.45 bits per heavy atom. The second-order valence-electron chi connectivity index (χ2n) is 4.30. The maximum Gasteiger partial charge on any atom is 0.317 e. The van der Waals surface area contributed by atoms with Crippen molar-refractivity contribution in [2.45, 2.75) is 19.9 Å². The van der Waals surface area contributed by atoms with Crippen LogP contribution in [0.25, 0.3) is 0 Å². The second kappa shape index (κ2) is 8.21. The highest BCUT2D eigenvalue weighted by Crippen LogP contribution is 2.09. The number of nitrogens with zero attached hydrogens (tertiary/aromatic N) is 1. The smallest absolute Gasteiger partial charge is 0.317 e. The fraction of sp³-hybridized carbons (Fsp3) is 0.538. The van der Waals surface area contributed by atoms with Crippen LogP contribution >= 0.6 is 0 Å². The molecule has 0 aromatic carbocycles. The van der Waals surface area contributed by atoms with Crippen molar-refractivity contribution in [1.82, 2.24) is 10.2 Å². The molecule has 0 fully saturated rings. The molecule has 1 aromatic rings. The molecule has 20 heavy (non-hydrogen) atoms. The molecule has 0 radical (unpaired) electrons. The van der Waals surface area contributed by atoms with Crippen molar-refractivity contribution in [1.29, 1.82) is 0 Å². The lowest BCUT2D eigenvalue weighted by Crippen LogP contribution is -2.41. The van der Waals surface area contributed by atoms with Crippen molar-refractivity contribution in [2.75, 3.05) is 26.8 Å². The van der Waals surface area contributed by atoms with Crippen molar-refractivity contribution in [2.24, 2.45) is 0 Å². The average Bonchev–Trinajstić information content (AvgIpc) is 2.79. The van der Waals surface area contributed by atoms with E-state index in [9.17, 15) is 9.59 Å². The summed E-state index contributed by atoms with van der Waals surface area (Å²) in [4.78, 5) is 23.9. The molecule has 0 aliphatic carbocycles. The Labute approximate surface area is 117 Å². The number of hydrogen-bond acceptors (Lipinski definition) is 4. The van der Waals surface area contributed by atoms with Gasteiger partial charge in [-0.05, 0) is 19.1 Å². The second-order valence-corrected chi connectivity index (χ2v) is 4.30. The van der Waals surface area contributed by atoms with Gasteiger partial charge < -0.3 is 24.5 Å². The van der Waals surface area contributed by atoms with Crippen molar-refractivity contribution in [3.05, 3.63) is 23.7 Å². The molecule has 1 heterocycles. The van der Waals surface area contributed by atoms with Gasteiger partial charge in [0.05, 0.1) is 19.6 Å². The molecule has 0 spiro atoms. The van der Waals surface area contributed by atoms with Crippen LogP contribution in [0.3, 0.4) is 0 Å². The highest BCUT2D eigenvalue weighted by Gasteiger charge is 2.15. The molecule has 0 bridgehead atoms. The number of rotatable bonds is 8. The lowest BCUT2D eigenvalue weighted by molar-refractivity contribution is -0.136. The Hall–Kier alpha value is -2.02. The third kappa shape index (κ3) is 5.75. The fourth-order valence-electron chi connectivity index (χ4n) is 1.60. The Kier molecular flexibility index (Phi) is 6.58. The van der Waals surface area contributed by atoms with Gasteiger partial charge in [0.2, 0.25) is 0 Å². The van der Waals surface area contributed by atoms with E-state index in [2.05, 4.69) is 5.32 Å². The number of nitrogens with one attached hydrogen (secondary N) is 1. The summed E-state index contributed by atoms with van der Waals surface area (Å²) in [6.07, 6.45) is -0.107. The molecule has 0 saturated heterocycles. The highest BCUT2D eigenvalue weighted by molar-refractivity contribution is 5.75. The first-order valence-electron chi connectivity index (χ1n) is 6.31. The number of hydrogen-bond donors (Lipinski definition) is 2. The average molecular weight is 284 g/mol. The zero-order valence-corrected chi connectivity index (χ0v) is 11.7. The van der Waals surface area contributed by atoms with Crippen LogP contribution < -0.4 is 5.32 Å². The van der Waals surface area contributed by atoms with Gasteiger partial charge >= 0.3 is 12.0 Å². The molecule has 1 aromatic heterocycles. The summed E-state index contributed by atoms with van der Waals surface area (Å²) in [5.74, 6) is 0.500. The SMILES string of the molecule is COCCN(Cc1ccc(C)o1)C(=O)NCCC(=O)O. The Morgan fingerprint density at radius 2 is 2.20 bits per heavy atom. The standard InChI is InChI=1S/C13H20N2O5/c1-10-3-4-11(20-10)9-15(7-8-19-2)13(18)14-6-5-12(16)17/h3-4H,5-9H2,1-2H3,(H,14,18)(H,16,17). The lowest BCUT2D eigenvalue weighted by atomic mass is 10.4. The van der Waals surface area contributed by atoms with E-state index in [1.54, 1.807) is 13.2 Å². The third-order valence-corrected chi connectivity index (χ3v) is 2.61. The fourth-order valence-corrected chi connectivity index (χ4v) is 1.60. The quantitative estimate of drug-likeness (QED) is 0.749. The number of ether oxygens (including phenoxy) is 1. The lowest BCUT2D eigenvalue weighted by Gasteiger charge is -2.21. The van der Waals surface area contributed by atoms with Gasteiger partial charge in [-0.25, -0.2) is 4.79 Å². The highest BCUT2D eigenvalue weighted by atomic mass is 16.5. The summed E-state index contributed by atoms with van der Waals surface area (Å²) in [5.41, 5.74) is 0. The molecule has 2 amide bonds. The van der Waals surface area contributed by atoms with Crippen LogP contribution in [0.1, 0.15) is 17.9 Å². The first kappa shape index (κ1) is 16.0. The van der Waals surface area contributed by atoms with E-state index < -0.39 is 5.97 Å². The molecule has 7 heteroatoms. The van der Waals surface area contributed by atoms with Crippen LogP contribution in [0.15, 0.2) is 16.5 Å². The Bertz CT molecular complexity index is 444. The van der Waals surface area contributed by atoms with E-state index in [4.69, 9.17) is 14.3 Å². The summed E-state index contributed by atoms with van der Waals surface area (Å²) in [5, 5.41) is 11.1. The molecular formula is C13H20N2O5. The molecule has 7 nitrogen and oxygen atoms in total. The maximum atomic E-state index is 12.0. The molecule has 0 aliphatic heterocycles. The number of carboxylic acids is 1. The molecule has 0 atom stereocenters. The summed E-state index contributed by atoms with van der Waals surface area (Å²) < 4.78 is 10.4. The number of urea groups is 1. The predicted octanol–water partition coefficient (Wildman–Crippen LogP) is 1.22. The van der Waals surface area contributed by atoms with Crippen LogP contribution in [0.4, 0.5) is 4.79 Å². The minimum Gasteiger partial charge on any atom is -0.481 e. The van der Waals surface area contributed by atoms with E-state index in [-0.39, 0.29) is 19.0 Å². The van der Waals surface area contributed by atoms with Gasteiger partial charge in [-0.2, -0.15) is 0 Å². The summed E-state index contributed by atoms with van der Waals surface area (Å²) >= 11 is 0. The van der Waals surface area contributed by atoms with Gasteiger partial charge in [-0.3, -0.25) is 4.79 Å². The van der Waals surface area contributed by atoms with Crippen LogP contribution in [0.2, 0.25) is 0 Å². The van der Waals surface area contributed by atoms with Gasteiger partial charge in [0.15, 0.2) is 0 Å². The molecule has 0 unspecified atom stereocenters. The first-order chi connectivity index (χ1) is 9.52. The molecule has 112 valence electrons. The van der Waals surface area contributed by atoms with E-state index in [1.807, 2.05) is 13.0 Å². The van der Waals surface area contributed by atoms with Gasteiger partial charge in [-0.15, -0.1) is 0 Å². The molecule has 0 aliphatic rings. The molecule has 2 N–H and O–H groups in total. The summed E-state index contributed by atoms with van der Waals surface area (Å²) in [7, 11) is 1.55. The summed E-state index contributed by atoms with van der Waals surface area (Å²) in [6, 6.07) is 3.30. The normalized spacial score (nSPS) is 10.3. The number of furan rings is 1. The maximum absolute atomic E-state index is 12.0. The van der Waals surface area contributed by atoms with E-state index in [1.165, 1.54) is 4.90 Å². The number of aryl methyl sites for hydroxylation is 1. The number of carbonyl (C=O) groups excluding carboxylic acids is 1. The van der Waals surface area contributed by atoms with Gasteiger partial charge in [0.25, 0.3) is 0 Å². The number of amides is 2. The van der Waals surface area contributed by atoms with Crippen LogP contribution in [0, 0.1) is 6.92 Å². The minimum absolute atomic E-state index is 0.0921. The molecule has 1 rings (SSSR count). The summed E-state index contributed by atoms with van der Waals surface area (Å²) in [6.45, 7) is 3.03. The number of methoxy groups -OCH3 is 1. The molecular weight excluding hydrogens is 264 g/mol. The van der Waals surface area contributed by atoms with Crippen molar-refractivity contribution in [3.63, 3.8) is 0 Å². The van der Waals surface area contributed by atoms with Crippen LogP contribution in [0.5, 0.6) is 0 Å². The number of aliphatic carboxylic acids is 1. The van der Waals surface area contributed by atoms with E-state index in [0.717, 1.165) is 5.76 Å². The van der Waals surface area contributed by atoms with Gasteiger partial charge in [-0.1, -0.05) is 0 Å². The largest absolute Gasteiger partial charge is 0.481 e. The Balaban J connectivity index is 2.53. The van der Waals surface area contributed by atoms with Crippen LogP contribution in [-0.2, 0) is 16.1 Å². The third-order valence-electron chi connectivity index (χ3n) is 2.61. The minimum atomic E-state index is -0.949. The van der Waals surface area contributed by atoms with Gasteiger partial charge in [0.1, 0.15) is 11.5 Å². The predicted molar refractivity (Wildman–Crippen MR) is 71.4 cm³/mol. The Morgan fingerprint density at radius 3 is 2.75 bits per heavy atom. The van der Waals surface area contributed by atoms with Crippen molar-refractivity contribution < 1.29 is 23.8 Å². The van der Waals surface area contributed by atoms with Gasteiger partial charge in [0, 0.05) is 20.2 Å². The zero-order valence-electron chi connectivity index (χ0n) is 11.7. The van der Waals surface area contributed by atoms with Crippen molar-refractivity contribution >= 4 is 12.0 Å². The first-order valence-corrected chi connectivity index (χ1v) is 6.31. The molecule has 0 saturated carbocycles. The van der Waals surface area contributed by atoms with E-state index >= 15 is 0 Å². The van der Waals surface area contributed by atoms with Crippen LogP contribution in [-0.4, -0.2) is 48.8 Å². The monoisotopic (exact) mass is 284 g/mol. The van der Waals surface area contributed by atoms with E-state index in [0.29, 0.717) is 25.5 Å². The number of carbonyl (C=O) groups is 2. The van der Waals surface area contributed by atoms with Crippen molar-refractivity contribution in [3.8, 4) is 0 Å². The zero-order chi connectivity index (χ0) is 15.0.